The Hall–Kier alpha value is -1.84. The minimum Gasteiger partial charge on any atom is -0.362 e. The van der Waals surface area contributed by atoms with Crippen LogP contribution in [0.15, 0.2) is 28.8 Å². The van der Waals surface area contributed by atoms with Crippen LogP contribution in [0.5, 0.6) is 0 Å². The molecule has 19 heavy (non-hydrogen) atoms. The third-order valence-corrected chi connectivity index (χ3v) is 3.52. The Morgan fingerprint density at radius 2 is 2.21 bits per heavy atom. The molecule has 0 spiro atoms. The highest BCUT2D eigenvalue weighted by molar-refractivity contribution is 5.55. The zero-order chi connectivity index (χ0) is 13.1. The molecule has 100 valence electrons. The van der Waals surface area contributed by atoms with Crippen LogP contribution in [0, 0.1) is 0 Å². The summed E-state index contributed by atoms with van der Waals surface area (Å²) < 4.78 is 5.33. The van der Waals surface area contributed by atoms with E-state index in [-0.39, 0.29) is 0 Å². The Morgan fingerprint density at radius 3 is 3.11 bits per heavy atom. The van der Waals surface area contributed by atoms with Crippen LogP contribution in [-0.2, 0) is 19.4 Å². The van der Waals surface area contributed by atoms with Gasteiger partial charge in [-0.2, -0.15) is 4.98 Å². The lowest BCUT2D eigenvalue weighted by atomic mass is 10.0. The number of anilines is 1. The van der Waals surface area contributed by atoms with Gasteiger partial charge in [-0.1, -0.05) is 30.3 Å². The van der Waals surface area contributed by atoms with Crippen molar-refractivity contribution in [3.63, 3.8) is 0 Å². The largest absolute Gasteiger partial charge is 0.362 e. The highest BCUT2D eigenvalue weighted by Gasteiger charge is 2.18. The van der Waals surface area contributed by atoms with E-state index in [0.29, 0.717) is 6.54 Å². The number of aromatic nitrogens is 2. The fourth-order valence-electron chi connectivity index (χ4n) is 2.62. The summed E-state index contributed by atoms with van der Waals surface area (Å²) in [5.41, 5.74) is 2.73. The summed E-state index contributed by atoms with van der Waals surface area (Å²) in [4.78, 5) is 6.78. The van der Waals surface area contributed by atoms with Crippen molar-refractivity contribution in [2.45, 2.75) is 39.2 Å². The molecule has 0 fully saturated rings. The average molecular weight is 257 g/mol. The quantitative estimate of drug-likeness (QED) is 0.844. The van der Waals surface area contributed by atoms with Crippen molar-refractivity contribution in [2.24, 2.45) is 0 Å². The molecule has 1 aliphatic heterocycles. The van der Waals surface area contributed by atoms with Gasteiger partial charge in [-0.25, -0.2) is 0 Å². The number of rotatable bonds is 4. The number of para-hydroxylation sites is 1. The van der Waals surface area contributed by atoms with Crippen LogP contribution in [0.1, 0.15) is 37.0 Å². The van der Waals surface area contributed by atoms with Crippen LogP contribution >= 0.6 is 0 Å². The Morgan fingerprint density at radius 1 is 1.32 bits per heavy atom. The molecule has 0 aliphatic carbocycles. The van der Waals surface area contributed by atoms with Crippen molar-refractivity contribution >= 4 is 5.69 Å². The Kier molecular flexibility index (Phi) is 3.49. The Bertz CT molecular complexity index is 550. The smallest absolute Gasteiger partial charge is 0.246 e. The number of hydrogen-bond donors (Lipinski definition) is 0. The van der Waals surface area contributed by atoms with Gasteiger partial charge in [0.2, 0.25) is 5.89 Å². The van der Waals surface area contributed by atoms with E-state index in [1.54, 1.807) is 0 Å². The molecular weight excluding hydrogens is 238 g/mol. The van der Waals surface area contributed by atoms with Gasteiger partial charge in [-0.15, -0.1) is 0 Å². The van der Waals surface area contributed by atoms with E-state index >= 15 is 0 Å². The molecule has 2 heterocycles. The normalized spacial score (nSPS) is 14.5. The molecule has 0 N–H and O–H groups in total. The van der Waals surface area contributed by atoms with Gasteiger partial charge in [0.1, 0.15) is 0 Å². The predicted octanol–water partition coefficient (Wildman–Crippen LogP) is 2.97. The van der Waals surface area contributed by atoms with Gasteiger partial charge in [0.15, 0.2) is 5.82 Å². The topological polar surface area (TPSA) is 42.2 Å². The number of fused-ring (bicyclic) bond motifs is 1. The van der Waals surface area contributed by atoms with Gasteiger partial charge in [0.25, 0.3) is 0 Å². The molecule has 0 atom stereocenters. The second-order valence-corrected chi connectivity index (χ2v) is 5.01. The molecule has 4 heteroatoms. The van der Waals surface area contributed by atoms with Crippen molar-refractivity contribution in [1.82, 2.24) is 10.1 Å². The first-order valence-corrected chi connectivity index (χ1v) is 7.01. The lowest BCUT2D eigenvalue weighted by Gasteiger charge is -2.29. The highest BCUT2D eigenvalue weighted by atomic mass is 16.5. The van der Waals surface area contributed by atoms with E-state index in [2.05, 4.69) is 46.2 Å². The molecule has 0 saturated carbocycles. The van der Waals surface area contributed by atoms with Crippen molar-refractivity contribution in [3.05, 3.63) is 41.5 Å². The van der Waals surface area contributed by atoms with Crippen LogP contribution in [0.3, 0.4) is 0 Å². The summed E-state index contributed by atoms with van der Waals surface area (Å²) in [6.45, 7) is 3.90. The van der Waals surface area contributed by atoms with E-state index in [1.807, 2.05) is 0 Å². The Labute approximate surface area is 113 Å². The fraction of sp³-hybridized carbons (Fsp3) is 0.467. The molecule has 0 unspecified atom stereocenters. The lowest BCUT2D eigenvalue weighted by molar-refractivity contribution is 0.369. The maximum Gasteiger partial charge on any atom is 0.246 e. The third-order valence-electron chi connectivity index (χ3n) is 3.52. The third kappa shape index (κ3) is 2.62. The van der Waals surface area contributed by atoms with E-state index in [0.717, 1.165) is 37.5 Å². The molecule has 0 saturated heterocycles. The number of aryl methyl sites for hydroxylation is 2. The maximum atomic E-state index is 5.33. The first-order valence-electron chi connectivity index (χ1n) is 7.01. The van der Waals surface area contributed by atoms with Gasteiger partial charge in [-0.3, -0.25) is 0 Å². The first kappa shape index (κ1) is 12.2. The van der Waals surface area contributed by atoms with E-state index < -0.39 is 0 Å². The van der Waals surface area contributed by atoms with Gasteiger partial charge in [-0.05, 0) is 30.9 Å². The molecule has 0 bridgehead atoms. The second-order valence-electron chi connectivity index (χ2n) is 5.01. The monoisotopic (exact) mass is 257 g/mol. The van der Waals surface area contributed by atoms with Crippen LogP contribution < -0.4 is 4.90 Å². The van der Waals surface area contributed by atoms with Crippen LogP contribution in [0.2, 0.25) is 0 Å². The SMILES string of the molecule is CCCc1noc(CN2CCCc3ccccc32)n1. The molecule has 1 aliphatic rings. The lowest BCUT2D eigenvalue weighted by Crippen LogP contribution is -2.28. The van der Waals surface area contributed by atoms with Crippen molar-refractivity contribution in [2.75, 3.05) is 11.4 Å². The minimum absolute atomic E-state index is 0.716. The summed E-state index contributed by atoms with van der Waals surface area (Å²) >= 11 is 0. The zero-order valence-electron chi connectivity index (χ0n) is 11.3. The molecule has 0 amide bonds. The number of hydrogen-bond acceptors (Lipinski definition) is 4. The first-order chi connectivity index (χ1) is 9.36. The van der Waals surface area contributed by atoms with Crippen LogP contribution in [0.4, 0.5) is 5.69 Å². The number of nitrogens with zero attached hydrogens (tertiary/aromatic N) is 3. The Balaban J connectivity index is 1.76. The van der Waals surface area contributed by atoms with E-state index in [9.17, 15) is 0 Å². The molecule has 1 aromatic heterocycles. The van der Waals surface area contributed by atoms with E-state index in [1.165, 1.54) is 17.7 Å². The molecule has 3 rings (SSSR count). The summed E-state index contributed by atoms with van der Waals surface area (Å²) in [6, 6.07) is 8.58. The minimum atomic E-state index is 0.716. The highest BCUT2D eigenvalue weighted by Crippen LogP contribution is 2.27. The molecule has 4 nitrogen and oxygen atoms in total. The van der Waals surface area contributed by atoms with Crippen molar-refractivity contribution in [3.8, 4) is 0 Å². The zero-order valence-corrected chi connectivity index (χ0v) is 11.3. The van der Waals surface area contributed by atoms with Gasteiger partial charge in [0.05, 0.1) is 6.54 Å². The van der Waals surface area contributed by atoms with Crippen LogP contribution in [0.25, 0.3) is 0 Å². The van der Waals surface area contributed by atoms with Crippen LogP contribution in [-0.4, -0.2) is 16.7 Å². The standard InChI is InChI=1S/C15H19N3O/c1-2-6-14-16-15(19-17-14)11-18-10-5-8-12-7-3-4-9-13(12)18/h3-4,7,9H,2,5-6,8,10-11H2,1H3. The fourth-order valence-corrected chi connectivity index (χ4v) is 2.62. The predicted molar refractivity (Wildman–Crippen MR) is 74.1 cm³/mol. The second kappa shape index (κ2) is 5.43. The maximum absolute atomic E-state index is 5.33. The van der Waals surface area contributed by atoms with Gasteiger partial charge in [0, 0.05) is 18.7 Å². The van der Waals surface area contributed by atoms with Gasteiger partial charge >= 0.3 is 0 Å². The summed E-state index contributed by atoms with van der Waals surface area (Å²) in [7, 11) is 0. The van der Waals surface area contributed by atoms with Crippen molar-refractivity contribution < 1.29 is 4.52 Å². The van der Waals surface area contributed by atoms with Gasteiger partial charge < -0.3 is 9.42 Å². The summed E-state index contributed by atoms with van der Waals surface area (Å²) in [5.74, 6) is 1.54. The summed E-state index contributed by atoms with van der Waals surface area (Å²) in [5, 5.41) is 4.01. The molecular formula is C15H19N3O. The summed E-state index contributed by atoms with van der Waals surface area (Å²) in [6.07, 6.45) is 4.29. The molecule has 0 radical (unpaired) electrons. The van der Waals surface area contributed by atoms with Crippen molar-refractivity contribution in [1.29, 1.82) is 0 Å². The molecule has 1 aromatic carbocycles. The van der Waals surface area contributed by atoms with E-state index in [4.69, 9.17) is 4.52 Å². The number of benzene rings is 1. The molecule has 2 aromatic rings. The average Bonchev–Trinajstić information content (AvgIpc) is 2.87.